The lowest BCUT2D eigenvalue weighted by Gasteiger charge is -2.27. The van der Waals surface area contributed by atoms with Crippen molar-refractivity contribution in [1.29, 1.82) is 0 Å². The maximum atomic E-state index is 12.0. The second-order valence-electron chi connectivity index (χ2n) is 4.23. The number of aliphatic hydroxyl groups is 1. The molecular weight excluding hydrogens is 243 g/mol. The van der Waals surface area contributed by atoms with E-state index in [0.29, 0.717) is 0 Å². The molecule has 0 aromatic rings. The van der Waals surface area contributed by atoms with Crippen molar-refractivity contribution in [1.82, 2.24) is 5.32 Å². The van der Waals surface area contributed by atoms with Gasteiger partial charge in [0.25, 0.3) is 0 Å². The number of aliphatic carboxylic acids is 1. The van der Waals surface area contributed by atoms with E-state index in [4.69, 9.17) is 10.2 Å². The van der Waals surface area contributed by atoms with Crippen LogP contribution in [-0.2, 0) is 9.59 Å². The van der Waals surface area contributed by atoms with E-state index in [1.807, 2.05) is 0 Å². The number of nitrogens with one attached hydrogen (secondary N) is 1. The van der Waals surface area contributed by atoms with Gasteiger partial charge in [-0.1, -0.05) is 0 Å². The Hall–Kier alpha value is -1.31. The molecule has 0 rings (SSSR count). The second-order valence-corrected chi connectivity index (χ2v) is 4.23. The van der Waals surface area contributed by atoms with Crippen LogP contribution in [0.1, 0.15) is 26.7 Å². The molecule has 1 amide bonds. The number of rotatable bonds is 5. The molecular formula is C9H14F3NO4. The first-order chi connectivity index (χ1) is 7.46. The van der Waals surface area contributed by atoms with Crippen LogP contribution in [0.5, 0.6) is 0 Å². The standard InChI is InChI=1S/C9H14F3NO4/c1-8(2,4-3-5(14)6(15)16)13-7(17)9(10,11)12/h5,14H,3-4H2,1-2H3,(H,13,17)(H,15,16). The number of amides is 1. The zero-order valence-electron chi connectivity index (χ0n) is 9.34. The summed E-state index contributed by atoms with van der Waals surface area (Å²) in [5, 5.41) is 19.0. The lowest BCUT2D eigenvalue weighted by atomic mass is 9.96. The summed E-state index contributed by atoms with van der Waals surface area (Å²) in [7, 11) is 0. The number of hydrogen-bond acceptors (Lipinski definition) is 3. The number of carboxylic acids is 1. The van der Waals surface area contributed by atoms with E-state index in [0.717, 1.165) is 0 Å². The molecule has 8 heteroatoms. The van der Waals surface area contributed by atoms with Gasteiger partial charge in [0, 0.05) is 5.54 Å². The molecule has 0 saturated heterocycles. The molecule has 17 heavy (non-hydrogen) atoms. The van der Waals surface area contributed by atoms with Crippen LogP contribution >= 0.6 is 0 Å². The van der Waals surface area contributed by atoms with Gasteiger partial charge in [0.1, 0.15) is 0 Å². The van der Waals surface area contributed by atoms with Crippen molar-refractivity contribution in [2.45, 2.75) is 44.5 Å². The molecule has 0 saturated carbocycles. The number of hydrogen-bond donors (Lipinski definition) is 3. The average molecular weight is 257 g/mol. The lowest BCUT2D eigenvalue weighted by Crippen LogP contribution is -2.49. The molecule has 0 heterocycles. The number of halogens is 3. The summed E-state index contributed by atoms with van der Waals surface area (Å²) in [6, 6.07) is 0. The largest absolute Gasteiger partial charge is 0.479 e. The van der Waals surface area contributed by atoms with Gasteiger partial charge >= 0.3 is 18.1 Å². The highest BCUT2D eigenvalue weighted by Gasteiger charge is 2.41. The molecule has 0 bridgehead atoms. The summed E-state index contributed by atoms with van der Waals surface area (Å²) in [5.74, 6) is -3.55. The molecule has 0 aliphatic rings. The Labute approximate surface area is 95.6 Å². The van der Waals surface area contributed by atoms with Crippen molar-refractivity contribution in [2.75, 3.05) is 0 Å². The summed E-state index contributed by atoms with van der Waals surface area (Å²) in [4.78, 5) is 20.9. The Bertz CT molecular complexity index is 301. The molecule has 100 valence electrons. The van der Waals surface area contributed by atoms with Crippen LogP contribution in [-0.4, -0.2) is 39.9 Å². The van der Waals surface area contributed by atoms with E-state index >= 15 is 0 Å². The van der Waals surface area contributed by atoms with Crippen LogP contribution in [0.2, 0.25) is 0 Å². The van der Waals surface area contributed by atoms with Gasteiger partial charge in [-0.15, -0.1) is 0 Å². The van der Waals surface area contributed by atoms with Gasteiger partial charge in [-0.05, 0) is 26.7 Å². The molecule has 0 spiro atoms. The van der Waals surface area contributed by atoms with Crippen LogP contribution in [0.15, 0.2) is 0 Å². The van der Waals surface area contributed by atoms with E-state index in [9.17, 15) is 22.8 Å². The minimum absolute atomic E-state index is 0.0950. The predicted octanol–water partition coefficient (Wildman–Crippen LogP) is 0.669. The van der Waals surface area contributed by atoms with E-state index in [1.165, 1.54) is 13.8 Å². The molecule has 3 N–H and O–H groups in total. The third-order valence-electron chi connectivity index (χ3n) is 2.04. The van der Waals surface area contributed by atoms with Gasteiger partial charge in [-0.25, -0.2) is 4.79 Å². The molecule has 1 atom stereocenters. The Morgan fingerprint density at radius 3 is 2.12 bits per heavy atom. The number of carbonyl (C=O) groups excluding carboxylic acids is 1. The highest BCUT2D eigenvalue weighted by Crippen LogP contribution is 2.19. The highest BCUT2D eigenvalue weighted by molar-refractivity contribution is 5.82. The zero-order valence-corrected chi connectivity index (χ0v) is 9.34. The smallest absolute Gasteiger partial charge is 0.471 e. The first-order valence-electron chi connectivity index (χ1n) is 4.76. The normalized spacial score (nSPS) is 14.2. The average Bonchev–Trinajstić information content (AvgIpc) is 2.11. The van der Waals surface area contributed by atoms with Crippen LogP contribution in [0.4, 0.5) is 13.2 Å². The topological polar surface area (TPSA) is 86.6 Å². The Kier molecular flexibility index (Phi) is 4.94. The van der Waals surface area contributed by atoms with Crippen molar-refractivity contribution < 1.29 is 33.0 Å². The third kappa shape index (κ3) is 6.10. The molecule has 0 aromatic carbocycles. The van der Waals surface area contributed by atoms with Crippen molar-refractivity contribution in [3.05, 3.63) is 0 Å². The molecule has 0 aliphatic heterocycles. The minimum atomic E-state index is -4.98. The van der Waals surface area contributed by atoms with Crippen molar-refractivity contribution in [3.8, 4) is 0 Å². The van der Waals surface area contributed by atoms with Gasteiger partial charge in [0.15, 0.2) is 6.10 Å². The monoisotopic (exact) mass is 257 g/mol. The first kappa shape index (κ1) is 15.7. The number of carbonyl (C=O) groups is 2. The molecule has 1 unspecified atom stereocenters. The van der Waals surface area contributed by atoms with Crippen LogP contribution in [0.25, 0.3) is 0 Å². The highest BCUT2D eigenvalue weighted by atomic mass is 19.4. The van der Waals surface area contributed by atoms with Crippen LogP contribution in [0.3, 0.4) is 0 Å². The summed E-state index contributed by atoms with van der Waals surface area (Å²) in [6.07, 6.45) is -6.98. The molecule has 0 aromatic heterocycles. The van der Waals surface area contributed by atoms with Crippen molar-refractivity contribution in [2.24, 2.45) is 0 Å². The quantitative estimate of drug-likeness (QED) is 0.675. The van der Waals surface area contributed by atoms with Crippen molar-refractivity contribution >= 4 is 11.9 Å². The van der Waals surface area contributed by atoms with E-state index in [2.05, 4.69) is 0 Å². The van der Waals surface area contributed by atoms with Gasteiger partial charge < -0.3 is 15.5 Å². The second kappa shape index (κ2) is 5.35. The minimum Gasteiger partial charge on any atom is -0.479 e. The fraction of sp³-hybridized carbons (Fsp3) is 0.778. The maximum absolute atomic E-state index is 12.0. The van der Waals surface area contributed by atoms with E-state index in [-0.39, 0.29) is 12.8 Å². The number of carboxylic acid groups (broad SMARTS) is 1. The number of alkyl halides is 3. The molecule has 0 radical (unpaired) electrons. The van der Waals surface area contributed by atoms with Gasteiger partial charge in [0.2, 0.25) is 0 Å². The fourth-order valence-electron chi connectivity index (χ4n) is 1.06. The van der Waals surface area contributed by atoms with Gasteiger partial charge in [-0.3, -0.25) is 4.79 Å². The van der Waals surface area contributed by atoms with E-state index in [1.54, 1.807) is 5.32 Å². The summed E-state index contributed by atoms with van der Waals surface area (Å²) < 4.78 is 35.9. The Morgan fingerprint density at radius 1 is 1.29 bits per heavy atom. The lowest BCUT2D eigenvalue weighted by molar-refractivity contribution is -0.175. The Balaban J connectivity index is 4.31. The predicted molar refractivity (Wildman–Crippen MR) is 51.2 cm³/mol. The summed E-state index contributed by atoms with van der Waals surface area (Å²) >= 11 is 0. The third-order valence-corrected chi connectivity index (χ3v) is 2.04. The molecule has 0 aliphatic carbocycles. The van der Waals surface area contributed by atoms with Gasteiger partial charge in [0.05, 0.1) is 0 Å². The SMILES string of the molecule is CC(C)(CCC(O)C(=O)O)NC(=O)C(F)(F)F. The zero-order chi connectivity index (χ0) is 13.9. The van der Waals surface area contributed by atoms with Gasteiger partial charge in [-0.2, -0.15) is 13.2 Å². The van der Waals surface area contributed by atoms with Crippen LogP contribution < -0.4 is 5.32 Å². The van der Waals surface area contributed by atoms with Crippen LogP contribution in [0, 0.1) is 0 Å². The van der Waals surface area contributed by atoms with Crippen molar-refractivity contribution in [3.63, 3.8) is 0 Å². The fourth-order valence-corrected chi connectivity index (χ4v) is 1.06. The number of aliphatic hydroxyl groups excluding tert-OH is 1. The summed E-state index contributed by atoms with van der Waals surface area (Å²) in [6.45, 7) is 2.62. The molecule has 5 nitrogen and oxygen atoms in total. The summed E-state index contributed by atoms with van der Waals surface area (Å²) in [5.41, 5.74) is -1.25. The molecule has 0 fully saturated rings. The van der Waals surface area contributed by atoms with E-state index < -0.39 is 29.7 Å². The Morgan fingerprint density at radius 2 is 1.76 bits per heavy atom. The maximum Gasteiger partial charge on any atom is 0.471 e. The first-order valence-corrected chi connectivity index (χ1v) is 4.76.